The molecule has 6 nitrogen and oxygen atoms in total. The molecule has 0 saturated heterocycles. The Labute approximate surface area is 114 Å². The van der Waals surface area contributed by atoms with Gasteiger partial charge in [-0.25, -0.2) is 4.79 Å². The zero-order chi connectivity index (χ0) is 14.5. The van der Waals surface area contributed by atoms with Gasteiger partial charge in [0.1, 0.15) is 11.5 Å². The van der Waals surface area contributed by atoms with Gasteiger partial charge in [-0.3, -0.25) is 5.43 Å². The van der Waals surface area contributed by atoms with Crippen molar-refractivity contribution in [3.63, 3.8) is 0 Å². The minimum Gasteiger partial charge on any atom is -0.508 e. The highest BCUT2D eigenvalue weighted by Gasteiger charge is 2.01. The number of rotatable bonds is 4. The Morgan fingerprint density at radius 3 is 2.40 bits per heavy atom. The first kappa shape index (κ1) is 13.4. The summed E-state index contributed by atoms with van der Waals surface area (Å²) in [5, 5.41) is 31.4. The van der Waals surface area contributed by atoms with E-state index in [9.17, 15) is 9.90 Å². The van der Waals surface area contributed by atoms with Gasteiger partial charge >= 0.3 is 5.97 Å². The molecule has 0 amide bonds. The van der Waals surface area contributed by atoms with Gasteiger partial charge in [0, 0.05) is 11.6 Å². The van der Waals surface area contributed by atoms with Crippen LogP contribution in [0.3, 0.4) is 0 Å². The second-order valence-corrected chi connectivity index (χ2v) is 4.00. The summed E-state index contributed by atoms with van der Waals surface area (Å²) in [5.41, 5.74) is 3.95. The standard InChI is InChI=1S/C14H12N2O4/c17-12-6-3-10(13(18)7-12)8-15-16-11-4-1-9(2-5-11)14(19)20/h1-8,16-18H,(H,19,20)/b15-8+. The largest absolute Gasteiger partial charge is 0.508 e. The van der Waals surface area contributed by atoms with Crippen molar-refractivity contribution < 1.29 is 20.1 Å². The zero-order valence-electron chi connectivity index (χ0n) is 10.3. The smallest absolute Gasteiger partial charge is 0.335 e. The van der Waals surface area contributed by atoms with Crippen LogP contribution in [-0.4, -0.2) is 27.5 Å². The summed E-state index contributed by atoms with van der Waals surface area (Å²) < 4.78 is 0. The number of hydrogen-bond acceptors (Lipinski definition) is 5. The van der Waals surface area contributed by atoms with E-state index in [0.29, 0.717) is 11.3 Å². The van der Waals surface area contributed by atoms with Crippen LogP contribution in [0.5, 0.6) is 11.5 Å². The number of hydrogen-bond donors (Lipinski definition) is 4. The van der Waals surface area contributed by atoms with Gasteiger partial charge in [-0.15, -0.1) is 0 Å². The highest BCUT2D eigenvalue weighted by molar-refractivity contribution is 5.88. The van der Waals surface area contributed by atoms with Crippen LogP contribution in [0.2, 0.25) is 0 Å². The quantitative estimate of drug-likeness (QED) is 0.505. The van der Waals surface area contributed by atoms with Gasteiger partial charge in [-0.05, 0) is 36.4 Å². The van der Waals surface area contributed by atoms with Crippen molar-refractivity contribution >= 4 is 17.9 Å². The molecule has 0 aliphatic heterocycles. The summed E-state index contributed by atoms with van der Waals surface area (Å²) in [6.07, 6.45) is 1.39. The lowest BCUT2D eigenvalue weighted by atomic mass is 10.2. The summed E-state index contributed by atoms with van der Waals surface area (Å²) in [4.78, 5) is 10.7. The second-order valence-electron chi connectivity index (χ2n) is 4.00. The predicted octanol–water partition coefficient (Wildman–Crippen LogP) is 2.24. The molecule has 0 fully saturated rings. The van der Waals surface area contributed by atoms with E-state index in [-0.39, 0.29) is 17.1 Å². The van der Waals surface area contributed by atoms with Crippen LogP contribution in [0, 0.1) is 0 Å². The number of carboxylic acids is 1. The monoisotopic (exact) mass is 272 g/mol. The van der Waals surface area contributed by atoms with Gasteiger partial charge in [0.15, 0.2) is 0 Å². The number of carbonyl (C=O) groups is 1. The van der Waals surface area contributed by atoms with Gasteiger partial charge in [-0.1, -0.05) is 0 Å². The maximum absolute atomic E-state index is 10.7. The number of benzene rings is 2. The fourth-order valence-corrected chi connectivity index (χ4v) is 1.50. The summed E-state index contributed by atoms with van der Waals surface area (Å²) in [5.74, 6) is -1.11. The number of aromatic hydroxyl groups is 2. The van der Waals surface area contributed by atoms with Crippen LogP contribution in [0.4, 0.5) is 5.69 Å². The fourth-order valence-electron chi connectivity index (χ4n) is 1.50. The third-order valence-corrected chi connectivity index (χ3v) is 2.54. The van der Waals surface area contributed by atoms with Crippen molar-refractivity contribution in [2.45, 2.75) is 0 Å². The van der Waals surface area contributed by atoms with Crippen molar-refractivity contribution in [2.24, 2.45) is 5.10 Å². The van der Waals surface area contributed by atoms with E-state index in [1.54, 1.807) is 12.1 Å². The van der Waals surface area contributed by atoms with Gasteiger partial charge in [0.25, 0.3) is 0 Å². The van der Waals surface area contributed by atoms with Crippen molar-refractivity contribution in [3.8, 4) is 11.5 Å². The highest BCUT2D eigenvalue weighted by Crippen LogP contribution is 2.20. The molecule has 20 heavy (non-hydrogen) atoms. The van der Waals surface area contributed by atoms with Gasteiger partial charge in [-0.2, -0.15) is 5.10 Å². The SMILES string of the molecule is O=C(O)c1ccc(N/N=C/c2ccc(O)cc2O)cc1. The summed E-state index contributed by atoms with van der Waals surface area (Å²) in [7, 11) is 0. The number of carboxylic acid groups (broad SMARTS) is 1. The summed E-state index contributed by atoms with van der Waals surface area (Å²) in [6.45, 7) is 0. The molecular formula is C14H12N2O4. The molecule has 102 valence electrons. The van der Waals surface area contributed by atoms with Crippen LogP contribution in [0.1, 0.15) is 15.9 Å². The van der Waals surface area contributed by atoms with E-state index in [1.807, 2.05) is 0 Å². The van der Waals surface area contributed by atoms with Crippen molar-refractivity contribution in [1.29, 1.82) is 0 Å². The molecule has 0 radical (unpaired) electrons. The molecule has 2 rings (SSSR count). The number of phenolic OH excluding ortho intramolecular Hbond substituents is 2. The van der Waals surface area contributed by atoms with Crippen molar-refractivity contribution in [3.05, 3.63) is 53.6 Å². The van der Waals surface area contributed by atoms with E-state index in [1.165, 1.54) is 36.5 Å². The topological polar surface area (TPSA) is 102 Å². The Kier molecular flexibility index (Phi) is 3.85. The summed E-state index contributed by atoms with van der Waals surface area (Å²) in [6, 6.07) is 10.2. The average Bonchev–Trinajstić information content (AvgIpc) is 2.42. The molecular weight excluding hydrogens is 260 g/mol. The molecule has 2 aromatic rings. The zero-order valence-corrected chi connectivity index (χ0v) is 10.3. The average molecular weight is 272 g/mol. The molecule has 0 atom stereocenters. The van der Waals surface area contributed by atoms with Gasteiger partial charge < -0.3 is 15.3 Å². The van der Waals surface area contributed by atoms with Gasteiger partial charge in [0.05, 0.1) is 17.5 Å². The van der Waals surface area contributed by atoms with Crippen LogP contribution in [0.15, 0.2) is 47.6 Å². The van der Waals surface area contributed by atoms with E-state index in [0.717, 1.165) is 0 Å². The number of aromatic carboxylic acids is 1. The normalized spacial score (nSPS) is 10.6. The van der Waals surface area contributed by atoms with Crippen LogP contribution in [0.25, 0.3) is 0 Å². The number of nitrogens with zero attached hydrogens (tertiary/aromatic N) is 1. The Morgan fingerprint density at radius 1 is 1.10 bits per heavy atom. The molecule has 0 spiro atoms. The minimum absolute atomic E-state index is 0.0307. The molecule has 0 bridgehead atoms. The van der Waals surface area contributed by atoms with E-state index in [2.05, 4.69) is 10.5 Å². The Hall–Kier alpha value is -3.02. The molecule has 0 aromatic heterocycles. The van der Waals surface area contributed by atoms with E-state index < -0.39 is 5.97 Å². The summed E-state index contributed by atoms with van der Waals surface area (Å²) >= 11 is 0. The predicted molar refractivity (Wildman–Crippen MR) is 74.4 cm³/mol. The molecule has 0 aliphatic rings. The van der Waals surface area contributed by atoms with Gasteiger partial charge in [0.2, 0.25) is 0 Å². The van der Waals surface area contributed by atoms with E-state index in [4.69, 9.17) is 10.2 Å². The fraction of sp³-hybridized carbons (Fsp3) is 0. The maximum atomic E-state index is 10.7. The first-order chi connectivity index (χ1) is 9.56. The Balaban J connectivity index is 2.04. The number of nitrogens with one attached hydrogen (secondary N) is 1. The van der Waals surface area contributed by atoms with Crippen molar-refractivity contribution in [1.82, 2.24) is 0 Å². The third-order valence-electron chi connectivity index (χ3n) is 2.54. The van der Waals surface area contributed by atoms with E-state index >= 15 is 0 Å². The molecule has 2 aromatic carbocycles. The molecule has 0 unspecified atom stereocenters. The lowest BCUT2D eigenvalue weighted by molar-refractivity contribution is 0.0697. The molecule has 0 saturated carbocycles. The molecule has 6 heteroatoms. The lowest BCUT2D eigenvalue weighted by Crippen LogP contribution is -1.96. The number of hydrazone groups is 1. The highest BCUT2D eigenvalue weighted by atomic mass is 16.4. The second kappa shape index (κ2) is 5.75. The van der Waals surface area contributed by atoms with Crippen molar-refractivity contribution in [2.75, 3.05) is 5.43 Å². The first-order valence-corrected chi connectivity index (χ1v) is 5.70. The number of phenols is 2. The van der Waals surface area contributed by atoms with Crippen LogP contribution >= 0.6 is 0 Å². The first-order valence-electron chi connectivity index (χ1n) is 5.70. The van der Waals surface area contributed by atoms with Crippen LogP contribution < -0.4 is 5.43 Å². The lowest BCUT2D eigenvalue weighted by Gasteiger charge is -2.02. The third kappa shape index (κ3) is 3.26. The molecule has 4 N–H and O–H groups in total. The Morgan fingerprint density at radius 2 is 1.80 bits per heavy atom. The maximum Gasteiger partial charge on any atom is 0.335 e. The molecule has 0 heterocycles. The Bertz CT molecular complexity index is 651. The minimum atomic E-state index is -0.992. The number of anilines is 1. The molecule has 0 aliphatic carbocycles. The van der Waals surface area contributed by atoms with Crippen LogP contribution in [-0.2, 0) is 0 Å².